The van der Waals surface area contributed by atoms with Gasteiger partial charge in [0.2, 0.25) is 5.13 Å². The van der Waals surface area contributed by atoms with E-state index in [-0.39, 0.29) is 17.7 Å². The predicted molar refractivity (Wildman–Crippen MR) is 132 cm³/mol. The molecule has 1 amide bonds. The van der Waals surface area contributed by atoms with Crippen molar-refractivity contribution in [3.05, 3.63) is 70.4 Å². The molecule has 0 bridgehead atoms. The molecule has 0 unspecified atom stereocenters. The average Bonchev–Trinajstić information content (AvgIpc) is 3.41. The number of hydrogen-bond acceptors (Lipinski definition) is 6. The van der Waals surface area contributed by atoms with E-state index in [0.29, 0.717) is 20.8 Å². The van der Waals surface area contributed by atoms with Crippen LogP contribution in [0.4, 0.5) is 5.13 Å². The summed E-state index contributed by atoms with van der Waals surface area (Å²) in [6.45, 7) is 0. The van der Waals surface area contributed by atoms with Gasteiger partial charge in [0, 0.05) is 22.5 Å². The molecule has 2 aliphatic rings. The largest absolute Gasteiger partial charge is 0.507 e. The molecule has 3 aromatic rings. The van der Waals surface area contributed by atoms with Crippen LogP contribution < -0.4 is 0 Å². The second-order valence-corrected chi connectivity index (χ2v) is 9.76. The second-order valence-electron chi connectivity index (χ2n) is 7.91. The Bertz CT molecular complexity index is 1180. The normalized spacial score (nSPS) is 19.9. The van der Waals surface area contributed by atoms with Crippen LogP contribution in [0.2, 0.25) is 0 Å². The number of para-hydroxylation sites is 1. The zero-order chi connectivity index (χ0) is 21.9. The number of aromatic nitrogens is 1. The number of thioether (sulfide) groups is 1. The second kappa shape index (κ2) is 9.30. The highest BCUT2D eigenvalue weighted by atomic mass is 32.2. The summed E-state index contributed by atoms with van der Waals surface area (Å²) in [5.41, 5.74) is 2.57. The van der Waals surface area contributed by atoms with Crippen LogP contribution >= 0.6 is 23.1 Å². The van der Waals surface area contributed by atoms with Gasteiger partial charge in [0.25, 0.3) is 5.91 Å². The third-order valence-corrected chi connectivity index (χ3v) is 7.47. The molecule has 162 valence electrons. The summed E-state index contributed by atoms with van der Waals surface area (Å²) in [5, 5.41) is 13.5. The van der Waals surface area contributed by atoms with Gasteiger partial charge in [-0.2, -0.15) is 4.99 Å². The highest BCUT2D eigenvalue weighted by Crippen LogP contribution is 2.40. The molecule has 2 aromatic carbocycles. The van der Waals surface area contributed by atoms with Crippen molar-refractivity contribution in [2.24, 2.45) is 4.99 Å². The molecule has 1 N–H and O–H groups in total. The van der Waals surface area contributed by atoms with Crippen LogP contribution in [-0.4, -0.2) is 32.1 Å². The Morgan fingerprint density at radius 1 is 1.03 bits per heavy atom. The van der Waals surface area contributed by atoms with E-state index in [1.54, 1.807) is 18.2 Å². The van der Waals surface area contributed by atoms with Crippen molar-refractivity contribution in [1.82, 2.24) is 9.88 Å². The van der Waals surface area contributed by atoms with Crippen LogP contribution in [0.5, 0.6) is 5.75 Å². The van der Waals surface area contributed by atoms with Crippen molar-refractivity contribution in [1.29, 1.82) is 0 Å². The standard InChI is InChI=1S/C25H23N3O2S2/c29-21-14-8-7-11-18(21)15-22-23(30)28(19-12-5-2-6-13-19)25(32-22)27-24-26-20(16-31-24)17-9-3-1-4-10-17/h1,3-4,7-11,14-16,19,29H,2,5-6,12-13H2/b22-15-,27-25+. The topological polar surface area (TPSA) is 65.8 Å². The van der Waals surface area contributed by atoms with E-state index in [9.17, 15) is 9.90 Å². The van der Waals surface area contributed by atoms with Crippen LogP contribution in [-0.2, 0) is 4.79 Å². The van der Waals surface area contributed by atoms with Gasteiger partial charge in [-0.3, -0.25) is 9.69 Å². The summed E-state index contributed by atoms with van der Waals surface area (Å²) in [6.07, 6.45) is 7.20. The first kappa shape index (κ1) is 21.0. The quantitative estimate of drug-likeness (QED) is 0.453. The van der Waals surface area contributed by atoms with E-state index in [1.807, 2.05) is 52.7 Å². The van der Waals surface area contributed by atoms with Gasteiger partial charge >= 0.3 is 0 Å². The maximum atomic E-state index is 13.4. The van der Waals surface area contributed by atoms with Crippen LogP contribution in [0.3, 0.4) is 0 Å². The number of aromatic hydroxyl groups is 1. The zero-order valence-electron chi connectivity index (χ0n) is 17.5. The highest BCUT2D eigenvalue weighted by Gasteiger charge is 2.39. The minimum absolute atomic E-state index is 0.0382. The van der Waals surface area contributed by atoms with Crippen molar-refractivity contribution < 1.29 is 9.90 Å². The summed E-state index contributed by atoms with van der Waals surface area (Å²) >= 11 is 2.85. The fraction of sp³-hybridized carbons (Fsp3) is 0.240. The predicted octanol–water partition coefficient (Wildman–Crippen LogP) is 6.45. The molecule has 0 radical (unpaired) electrons. The Morgan fingerprint density at radius 2 is 1.78 bits per heavy atom. The first-order valence-corrected chi connectivity index (χ1v) is 12.5. The molecule has 32 heavy (non-hydrogen) atoms. The molecule has 2 heterocycles. The van der Waals surface area contributed by atoms with E-state index in [4.69, 9.17) is 9.98 Å². The number of amides is 1. The number of rotatable bonds is 4. The van der Waals surface area contributed by atoms with Gasteiger partial charge in [0.05, 0.1) is 10.6 Å². The number of amidine groups is 1. The molecular weight excluding hydrogens is 438 g/mol. The minimum Gasteiger partial charge on any atom is -0.507 e. The van der Waals surface area contributed by atoms with Gasteiger partial charge in [-0.1, -0.05) is 67.8 Å². The number of benzene rings is 2. The van der Waals surface area contributed by atoms with E-state index in [1.165, 1.54) is 29.5 Å². The first-order valence-electron chi connectivity index (χ1n) is 10.8. The summed E-state index contributed by atoms with van der Waals surface area (Å²) in [6, 6.07) is 17.3. The Morgan fingerprint density at radius 3 is 2.56 bits per heavy atom. The molecule has 0 spiro atoms. The number of carbonyl (C=O) groups excluding carboxylic acids is 1. The molecular formula is C25H23N3O2S2. The minimum atomic E-state index is -0.0382. The third kappa shape index (κ3) is 4.36. The molecule has 1 aromatic heterocycles. The van der Waals surface area contributed by atoms with Gasteiger partial charge in [-0.25, -0.2) is 4.98 Å². The molecule has 0 atom stereocenters. The Kier molecular flexibility index (Phi) is 6.10. The Balaban J connectivity index is 1.49. The monoisotopic (exact) mass is 461 g/mol. The van der Waals surface area contributed by atoms with Crippen LogP contribution in [0.25, 0.3) is 17.3 Å². The number of hydrogen-bond donors (Lipinski definition) is 1. The number of phenolic OH excluding ortho intramolecular Hbond substituents is 1. The molecule has 1 saturated heterocycles. The van der Waals surface area contributed by atoms with Crippen molar-refractivity contribution in [3.63, 3.8) is 0 Å². The SMILES string of the molecule is O=C1/C(=C/c2ccccc2O)S/C(=N/c2nc(-c3ccccc3)cs2)N1C1CCCCC1. The van der Waals surface area contributed by atoms with E-state index < -0.39 is 0 Å². The van der Waals surface area contributed by atoms with E-state index in [2.05, 4.69) is 0 Å². The van der Waals surface area contributed by atoms with Crippen LogP contribution in [0, 0.1) is 0 Å². The average molecular weight is 462 g/mol. The lowest BCUT2D eigenvalue weighted by Crippen LogP contribution is -2.40. The summed E-state index contributed by atoms with van der Waals surface area (Å²) in [7, 11) is 0. The van der Waals surface area contributed by atoms with Crippen molar-refractivity contribution in [3.8, 4) is 17.0 Å². The fourth-order valence-electron chi connectivity index (χ4n) is 4.12. The van der Waals surface area contributed by atoms with Gasteiger partial charge < -0.3 is 5.11 Å². The molecule has 5 rings (SSSR count). The molecule has 2 fully saturated rings. The summed E-state index contributed by atoms with van der Waals surface area (Å²) in [5.74, 6) is 0.124. The zero-order valence-corrected chi connectivity index (χ0v) is 19.1. The summed E-state index contributed by atoms with van der Waals surface area (Å²) in [4.78, 5) is 25.4. The number of carbonyl (C=O) groups is 1. The van der Waals surface area contributed by atoms with E-state index >= 15 is 0 Å². The Labute approximate surface area is 195 Å². The smallest absolute Gasteiger partial charge is 0.267 e. The van der Waals surface area contributed by atoms with Crippen LogP contribution in [0.15, 0.2) is 69.9 Å². The number of thiazole rings is 1. The molecule has 1 aliphatic heterocycles. The van der Waals surface area contributed by atoms with Gasteiger partial charge in [-0.15, -0.1) is 11.3 Å². The lowest BCUT2D eigenvalue weighted by atomic mass is 9.94. The van der Waals surface area contributed by atoms with Crippen molar-refractivity contribution >= 4 is 45.4 Å². The first-order chi connectivity index (χ1) is 15.7. The maximum absolute atomic E-state index is 13.4. The van der Waals surface area contributed by atoms with Gasteiger partial charge in [0.15, 0.2) is 5.17 Å². The Hall–Kier alpha value is -2.90. The van der Waals surface area contributed by atoms with Gasteiger partial charge in [-0.05, 0) is 36.7 Å². The number of aliphatic imine (C=N–C) groups is 1. The molecule has 5 nitrogen and oxygen atoms in total. The van der Waals surface area contributed by atoms with Crippen molar-refractivity contribution in [2.75, 3.05) is 0 Å². The van der Waals surface area contributed by atoms with Crippen LogP contribution in [0.1, 0.15) is 37.7 Å². The lowest BCUT2D eigenvalue weighted by molar-refractivity contribution is -0.124. The summed E-state index contributed by atoms with van der Waals surface area (Å²) < 4.78 is 0. The van der Waals surface area contributed by atoms with E-state index in [0.717, 1.165) is 36.9 Å². The number of nitrogens with zero attached hydrogens (tertiary/aromatic N) is 3. The number of phenols is 1. The molecule has 7 heteroatoms. The maximum Gasteiger partial charge on any atom is 0.267 e. The van der Waals surface area contributed by atoms with Crippen molar-refractivity contribution in [2.45, 2.75) is 38.1 Å². The fourth-order valence-corrected chi connectivity index (χ4v) is 5.90. The highest BCUT2D eigenvalue weighted by molar-refractivity contribution is 8.18. The molecule has 1 aliphatic carbocycles. The third-order valence-electron chi connectivity index (χ3n) is 5.75. The van der Waals surface area contributed by atoms with Gasteiger partial charge in [0.1, 0.15) is 5.75 Å². The molecule has 1 saturated carbocycles. The lowest BCUT2D eigenvalue weighted by Gasteiger charge is -2.30.